The SMILES string of the molecule is CC(=O)Nc1ccc(S(=O)(=O)Nc2cc3nc(-c4ccccc4)n(-c4ccccc4)c3cc2OCCCCCC(=O)O)cc1. The van der Waals surface area contributed by atoms with Crippen molar-refractivity contribution < 1.29 is 27.9 Å². The minimum Gasteiger partial charge on any atom is -0.491 e. The first kappa shape index (κ1) is 30.3. The molecule has 44 heavy (non-hydrogen) atoms. The molecule has 0 atom stereocenters. The molecule has 0 aliphatic heterocycles. The summed E-state index contributed by atoms with van der Waals surface area (Å²) in [4.78, 5) is 27.2. The number of carboxylic acids is 1. The van der Waals surface area contributed by atoms with Gasteiger partial charge >= 0.3 is 5.97 Å². The minimum absolute atomic E-state index is 0.00566. The van der Waals surface area contributed by atoms with Gasteiger partial charge in [0, 0.05) is 36.3 Å². The quantitative estimate of drug-likeness (QED) is 0.129. The van der Waals surface area contributed by atoms with E-state index < -0.39 is 16.0 Å². The molecule has 5 aromatic rings. The van der Waals surface area contributed by atoms with Crippen LogP contribution in [0, 0.1) is 0 Å². The summed E-state index contributed by atoms with van der Waals surface area (Å²) in [7, 11) is -4.05. The Morgan fingerprint density at radius 1 is 0.886 bits per heavy atom. The highest BCUT2D eigenvalue weighted by molar-refractivity contribution is 7.92. The third-order valence-corrected chi connectivity index (χ3v) is 8.21. The molecule has 1 heterocycles. The third-order valence-electron chi connectivity index (χ3n) is 6.82. The van der Waals surface area contributed by atoms with E-state index in [9.17, 15) is 18.0 Å². The van der Waals surface area contributed by atoms with E-state index in [1.807, 2.05) is 65.2 Å². The van der Waals surface area contributed by atoms with Gasteiger partial charge in [0.05, 0.1) is 28.2 Å². The first-order chi connectivity index (χ1) is 21.2. The molecule has 0 saturated carbocycles. The van der Waals surface area contributed by atoms with Gasteiger partial charge in [-0.15, -0.1) is 0 Å². The van der Waals surface area contributed by atoms with Crippen LogP contribution in [-0.4, -0.2) is 41.6 Å². The summed E-state index contributed by atoms with van der Waals surface area (Å²) in [6, 6.07) is 28.7. The summed E-state index contributed by atoms with van der Waals surface area (Å²) in [5.74, 6) is -0.117. The van der Waals surface area contributed by atoms with Crippen molar-refractivity contribution in [1.82, 2.24) is 9.55 Å². The molecular weight excluding hydrogens is 580 g/mol. The number of para-hydroxylation sites is 1. The fourth-order valence-corrected chi connectivity index (χ4v) is 5.85. The molecule has 0 fully saturated rings. The van der Waals surface area contributed by atoms with Crippen LogP contribution in [0.2, 0.25) is 0 Å². The molecule has 0 unspecified atom stereocenters. The predicted octanol–water partition coefficient (Wildman–Crippen LogP) is 6.48. The number of carboxylic acid groups (broad SMARTS) is 1. The van der Waals surface area contributed by atoms with Gasteiger partial charge in [0.2, 0.25) is 5.91 Å². The zero-order chi connectivity index (χ0) is 31.1. The van der Waals surface area contributed by atoms with Crippen molar-refractivity contribution in [2.24, 2.45) is 0 Å². The Labute approximate surface area is 255 Å². The first-order valence-corrected chi connectivity index (χ1v) is 15.6. The van der Waals surface area contributed by atoms with Crippen molar-refractivity contribution in [2.75, 3.05) is 16.6 Å². The molecule has 0 bridgehead atoms. The molecule has 5 rings (SSSR count). The number of nitrogens with zero attached hydrogens (tertiary/aromatic N) is 2. The summed E-state index contributed by atoms with van der Waals surface area (Å²) >= 11 is 0. The van der Waals surface area contributed by atoms with Gasteiger partial charge in [-0.05, 0) is 61.7 Å². The third kappa shape index (κ3) is 7.24. The molecule has 226 valence electrons. The van der Waals surface area contributed by atoms with E-state index in [2.05, 4.69) is 10.0 Å². The lowest BCUT2D eigenvalue weighted by Crippen LogP contribution is -2.14. The summed E-state index contributed by atoms with van der Waals surface area (Å²) in [6.07, 6.45) is 1.84. The van der Waals surface area contributed by atoms with Crippen LogP contribution in [0.1, 0.15) is 32.6 Å². The van der Waals surface area contributed by atoms with E-state index in [1.54, 1.807) is 12.1 Å². The average Bonchev–Trinajstić information content (AvgIpc) is 3.37. The van der Waals surface area contributed by atoms with E-state index >= 15 is 0 Å². The normalized spacial score (nSPS) is 11.3. The molecule has 4 aromatic carbocycles. The monoisotopic (exact) mass is 612 g/mol. The van der Waals surface area contributed by atoms with Gasteiger partial charge in [0.25, 0.3) is 10.0 Å². The number of aromatic nitrogens is 2. The van der Waals surface area contributed by atoms with Crippen LogP contribution in [0.15, 0.2) is 102 Å². The number of sulfonamides is 1. The van der Waals surface area contributed by atoms with Crippen molar-refractivity contribution in [3.63, 3.8) is 0 Å². The lowest BCUT2D eigenvalue weighted by Gasteiger charge is -2.15. The fraction of sp³-hybridized carbons (Fsp3) is 0.182. The summed E-state index contributed by atoms with van der Waals surface area (Å²) in [5.41, 5.74) is 3.73. The summed E-state index contributed by atoms with van der Waals surface area (Å²) in [5, 5.41) is 11.5. The lowest BCUT2D eigenvalue weighted by molar-refractivity contribution is -0.137. The first-order valence-electron chi connectivity index (χ1n) is 14.1. The number of rotatable bonds is 13. The number of carbonyl (C=O) groups is 2. The Bertz CT molecular complexity index is 1870. The van der Waals surface area contributed by atoms with Crippen LogP contribution in [-0.2, 0) is 19.6 Å². The van der Waals surface area contributed by atoms with Crippen LogP contribution in [0.25, 0.3) is 28.1 Å². The van der Waals surface area contributed by atoms with Crippen molar-refractivity contribution in [3.8, 4) is 22.8 Å². The van der Waals surface area contributed by atoms with Crippen molar-refractivity contribution in [2.45, 2.75) is 37.5 Å². The molecule has 3 N–H and O–H groups in total. The highest BCUT2D eigenvalue weighted by Gasteiger charge is 2.21. The number of benzene rings is 4. The fourth-order valence-electron chi connectivity index (χ4n) is 4.78. The minimum atomic E-state index is -4.05. The second kappa shape index (κ2) is 13.4. The standard InChI is InChI=1S/C33H32N4O6S/c1-23(38)34-25-16-18-27(19-17-25)44(41,42)36-29-21-28-30(22-31(29)43-20-10-4-9-15-32(39)40)37(26-13-7-3-8-14-26)33(35-28)24-11-5-2-6-12-24/h2-3,5-8,11-14,16-19,21-22,36H,4,9-10,15,20H2,1H3,(H,34,38)(H,39,40). The number of amides is 1. The Morgan fingerprint density at radius 3 is 2.23 bits per heavy atom. The van der Waals surface area contributed by atoms with Gasteiger partial charge in [-0.3, -0.25) is 18.9 Å². The molecule has 0 spiro atoms. The second-order valence-electron chi connectivity index (χ2n) is 10.2. The maximum atomic E-state index is 13.5. The number of anilines is 2. The number of unbranched alkanes of at least 4 members (excludes halogenated alkanes) is 2. The number of aliphatic carboxylic acids is 1. The lowest BCUT2D eigenvalue weighted by atomic mass is 10.2. The molecule has 1 aromatic heterocycles. The number of fused-ring (bicyclic) bond motifs is 1. The zero-order valence-corrected chi connectivity index (χ0v) is 24.9. The highest BCUT2D eigenvalue weighted by Crippen LogP contribution is 2.36. The highest BCUT2D eigenvalue weighted by atomic mass is 32.2. The van der Waals surface area contributed by atoms with E-state index in [0.29, 0.717) is 42.0 Å². The molecular formula is C33H32N4O6S. The van der Waals surface area contributed by atoms with Gasteiger partial charge in [-0.25, -0.2) is 13.4 Å². The van der Waals surface area contributed by atoms with E-state index in [4.69, 9.17) is 14.8 Å². The molecule has 1 amide bonds. The maximum absolute atomic E-state index is 13.5. The van der Waals surface area contributed by atoms with E-state index in [0.717, 1.165) is 16.8 Å². The number of hydrogen-bond acceptors (Lipinski definition) is 6. The van der Waals surface area contributed by atoms with Gasteiger partial charge in [0.1, 0.15) is 11.6 Å². The second-order valence-corrected chi connectivity index (χ2v) is 11.9. The van der Waals surface area contributed by atoms with Crippen LogP contribution >= 0.6 is 0 Å². The van der Waals surface area contributed by atoms with Crippen LogP contribution in [0.5, 0.6) is 5.75 Å². The van der Waals surface area contributed by atoms with E-state index in [-0.39, 0.29) is 29.5 Å². The van der Waals surface area contributed by atoms with E-state index in [1.165, 1.54) is 31.2 Å². The Balaban J connectivity index is 1.55. The predicted molar refractivity (Wildman–Crippen MR) is 170 cm³/mol. The number of hydrogen-bond donors (Lipinski definition) is 3. The average molecular weight is 613 g/mol. The Morgan fingerprint density at radius 2 is 1.57 bits per heavy atom. The maximum Gasteiger partial charge on any atom is 0.303 e. The number of imidazole rings is 1. The molecule has 0 aliphatic carbocycles. The summed E-state index contributed by atoms with van der Waals surface area (Å²) < 4.78 is 37.8. The molecule has 10 nitrogen and oxygen atoms in total. The molecule has 0 saturated heterocycles. The molecule has 0 aliphatic rings. The number of nitrogens with one attached hydrogen (secondary N) is 2. The van der Waals surface area contributed by atoms with Crippen LogP contribution in [0.3, 0.4) is 0 Å². The van der Waals surface area contributed by atoms with Crippen molar-refractivity contribution in [1.29, 1.82) is 0 Å². The topological polar surface area (TPSA) is 140 Å². The van der Waals surface area contributed by atoms with Crippen LogP contribution < -0.4 is 14.8 Å². The van der Waals surface area contributed by atoms with Gasteiger partial charge in [-0.1, -0.05) is 48.5 Å². The number of carbonyl (C=O) groups excluding carboxylic acids is 1. The van der Waals surface area contributed by atoms with Crippen molar-refractivity contribution >= 4 is 44.3 Å². The van der Waals surface area contributed by atoms with Crippen molar-refractivity contribution in [3.05, 3.63) is 97.1 Å². The smallest absolute Gasteiger partial charge is 0.303 e. The van der Waals surface area contributed by atoms with Gasteiger partial charge < -0.3 is 15.2 Å². The molecule has 11 heteroatoms. The summed E-state index contributed by atoms with van der Waals surface area (Å²) in [6.45, 7) is 1.63. The Kier molecular flexibility index (Phi) is 9.25. The van der Waals surface area contributed by atoms with Crippen LogP contribution in [0.4, 0.5) is 11.4 Å². The van der Waals surface area contributed by atoms with Gasteiger partial charge in [-0.2, -0.15) is 0 Å². The largest absolute Gasteiger partial charge is 0.491 e. The zero-order valence-electron chi connectivity index (χ0n) is 24.1. The van der Waals surface area contributed by atoms with Gasteiger partial charge in [0.15, 0.2) is 0 Å². The Hall–Kier alpha value is -5.16. The number of ether oxygens (including phenoxy) is 1. The molecule has 0 radical (unpaired) electrons.